The van der Waals surface area contributed by atoms with Gasteiger partial charge in [0.15, 0.2) is 0 Å². The highest BCUT2D eigenvalue weighted by molar-refractivity contribution is 5.85. The molecule has 0 radical (unpaired) electrons. The van der Waals surface area contributed by atoms with Crippen molar-refractivity contribution in [3.05, 3.63) is 24.0 Å². The topological polar surface area (TPSA) is 64.9 Å². The molecule has 4 heteroatoms. The van der Waals surface area contributed by atoms with E-state index in [9.17, 15) is 0 Å². The molecule has 0 amide bonds. The van der Waals surface area contributed by atoms with Crippen LogP contribution in [0.25, 0.3) is 0 Å². The Morgan fingerprint density at radius 3 is 2.60 bits per heavy atom. The molecule has 0 aliphatic rings. The lowest BCUT2D eigenvalue weighted by molar-refractivity contribution is 0.992. The second-order valence-corrected chi connectivity index (χ2v) is 1.78. The number of anilines is 1. The van der Waals surface area contributed by atoms with Crippen LogP contribution < -0.4 is 11.5 Å². The number of rotatable bonds is 1. The summed E-state index contributed by atoms with van der Waals surface area (Å²) in [5.74, 6) is 0. The fourth-order valence-corrected chi connectivity index (χ4v) is 0.608. The summed E-state index contributed by atoms with van der Waals surface area (Å²) in [6, 6.07) is 3.50. The molecule has 0 atom stereocenters. The van der Waals surface area contributed by atoms with E-state index in [1.54, 1.807) is 18.3 Å². The van der Waals surface area contributed by atoms with Gasteiger partial charge in [-0.05, 0) is 12.1 Å². The standard InChI is InChI=1S/C6H9N3.ClH/c7-4-6-3-5(8)1-2-9-6;/h1-3H,4,7H2,(H2,8,9);1H. The summed E-state index contributed by atoms with van der Waals surface area (Å²) >= 11 is 0. The lowest BCUT2D eigenvalue weighted by atomic mass is 10.3. The Labute approximate surface area is 65.8 Å². The molecule has 0 aliphatic heterocycles. The fraction of sp³-hybridized carbons (Fsp3) is 0.167. The van der Waals surface area contributed by atoms with E-state index in [0.29, 0.717) is 12.2 Å². The summed E-state index contributed by atoms with van der Waals surface area (Å²) in [6.07, 6.45) is 1.65. The zero-order chi connectivity index (χ0) is 6.69. The Kier molecular flexibility index (Phi) is 3.76. The van der Waals surface area contributed by atoms with Gasteiger partial charge in [0, 0.05) is 18.4 Å². The number of aromatic nitrogens is 1. The molecular weight excluding hydrogens is 150 g/mol. The van der Waals surface area contributed by atoms with E-state index in [1.165, 1.54) is 0 Å². The van der Waals surface area contributed by atoms with Gasteiger partial charge in [0.05, 0.1) is 5.69 Å². The third-order valence-electron chi connectivity index (χ3n) is 1.05. The van der Waals surface area contributed by atoms with Crippen LogP contribution in [0.2, 0.25) is 0 Å². The third-order valence-corrected chi connectivity index (χ3v) is 1.05. The van der Waals surface area contributed by atoms with Crippen molar-refractivity contribution in [3.63, 3.8) is 0 Å². The molecular formula is C6H10ClN3. The van der Waals surface area contributed by atoms with Crippen molar-refractivity contribution in [2.75, 3.05) is 5.73 Å². The molecule has 1 aromatic heterocycles. The van der Waals surface area contributed by atoms with Crippen LogP contribution in [0, 0.1) is 0 Å². The van der Waals surface area contributed by atoms with Gasteiger partial charge in [0.1, 0.15) is 0 Å². The Morgan fingerprint density at radius 2 is 2.20 bits per heavy atom. The van der Waals surface area contributed by atoms with Crippen molar-refractivity contribution in [3.8, 4) is 0 Å². The van der Waals surface area contributed by atoms with Crippen LogP contribution in [-0.4, -0.2) is 4.98 Å². The largest absolute Gasteiger partial charge is 0.399 e. The van der Waals surface area contributed by atoms with Gasteiger partial charge < -0.3 is 11.5 Å². The first kappa shape index (κ1) is 9.20. The second-order valence-electron chi connectivity index (χ2n) is 1.78. The van der Waals surface area contributed by atoms with E-state index >= 15 is 0 Å². The molecule has 0 bridgehead atoms. The molecule has 0 fully saturated rings. The molecule has 4 N–H and O–H groups in total. The van der Waals surface area contributed by atoms with Crippen molar-refractivity contribution >= 4 is 18.1 Å². The molecule has 0 aliphatic carbocycles. The van der Waals surface area contributed by atoms with E-state index in [2.05, 4.69) is 4.98 Å². The molecule has 0 spiro atoms. The first-order valence-corrected chi connectivity index (χ1v) is 2.73. The zero-order valence-corrected chi connectivity index (χ0v) is 6.27. The molecule has 56 valence electrons. The minimum atomic E-state index is 0. The van der Waals surface area contributed by atoms with Gasteiger partial charge in [-0.3, -0.25) is 4.98 Å². The van der Waals surface area contributed by atoms with E-state index in [4.69, 9.17) is 11.5 Å². The van der Waals surface area contributed by atoms with Gasteiger partial charge in [-0.2, -0.15) is 0 Å². The van der Waals surface area contributed by atoms with E-state index in [0.717, 1.165) is 5.69 Å². The quantitative estimate of drug-likeness (QED) is 0.629. The summed E-state index contributed by atoms with van der Waals surface area (Å²) in [7, 11) is 0. The Bertz CT molecular complexity index is 202. The smallest absolute Gasteiger partial charge is 0.0559 e. The number of nitrogens with zero attached hydrogens (tertiary/aromatic N) is 1. The number of hydrogen-bond donors (Lipinski definition) is 2. The summed E-state index contributed by atoms with van der Waals surface area (Å²) < 4.78 is 0. The first-order chi connectivity index (χ1) is 4.33. The maximum Gasteiger partial charge on any atom is 0.0559 e. The third kappa shape index (κ3) is 2.21. The molecule has 0 aromatic carbocycles. The van der Waals surface area contributed by atoms with Crippen LogP contribution in [0.4, 0.5) is 5.69 Å². The van der Waals surface area contributed by atoms with E-state index in [-0.39, 0.29) is 12.4 Å². The predicted molar refractivity (Wildman–Crippen MR) is 43.8 cm³/mol. The van der Waals surface area contributed by atoms with Gasteiger partial charge in [-0.25, -0.2) is 0 Å². The van der Waals surface area contributed by atoms with Crippen LogP contribution in [0.5, 0.6) is 0 Å². The number of nitrogen functional groups attached to an aromatic ring is 1. The summed E-state index contributed by atoms with van der Waals surface area (Å²) in [5.41, 5.74) is 12.3. The SMILES string of the molecule is Cl.NCc1cc(N)ccn1. The molecule has 0 saturated heterocycles. The maximum atomic E-state index is 5.44. The Hall–Kier alpha value is -0.800. The van der Waals surface area contributed by atoms with Gasteiger partial charge in [0.25, 0.3) is 0 Å². The minimum Gasteiger partial charge on any atom is -0.399 e. The number of halogens is 1. The number of nitrogens with two attached hydrogens (primary N) is 2. The molecule has 1 aromatic rings. The van der Waals surface area contributed by atoms with Gasteiger partial charge >= 0.3 is 0 Å². The summed E-state index contributed by atoms with van der Waals surface area (Å²) in [4.78, 5) is 3.95. The lowest BCUT2D eigenvalue weighted by Gasteiger charge is -1.94. The first-order valence-electron chi connectivity index (χ1n) is 2.73. The summed E-state index contributed by atoms with van der Waals surface area (Å²) in [5, 5.41) is 0. The molecule has 0 unspecified atom stereocenters. The van der Waals surface area contributed by atoms with Crippen LogP contribution in [0.1, 0.15) is 5.69 Å². The number of pyridine rings is 1. The van der Waals surface area contributed by atoms with Crippen LogP contribution >= 0.6 is 12.4 Å². The molecule has 1 heterocycles. The van der Waals surface area contributed by atoms with E-state index < -0.39 is 0 Å². The maximum absolute atomic E-state index is 5.44. The zero-order valence-electron chi connectivity index (χ0n) is 5.45. The molecule has 3 nitrogen and oxygen atoms in total. The Morgan fingerprint density at radius 1 is 1.50 bits per heavy atom. The number of hydrogen-bond acceptors (Lipinski definition) is 3. The van der Waals surface area contributed by atoms with Crippen LogP contribution in [0.3, 0.4) is 0 Å². The summed E-state index contributed by atoms with van der Waals surface area (Å²) in [6.45, 7) is 0.449. The highest BCUT2D eigenvalue weighted by Gasteiger charge is 1.88. The highest BCUT2D eigenvalue weighted by Crippen LogP contribution is 2.00. The normalized spacial score (nSPS) is 8.50. The Balaban J connectivity index is 0.000000810. The molecule has 0 saturated carbocycles. The minimum absolute atomic E-state index is 0. The van der Waals surface area contributed by atoms with Crippen molar-refractivity contribution in [1.29, 1.82) is 0 Å². The predicted octanol–water partition coefficient (Wildman–Crippen LogP) is 0.544. The van der Waals surface area contributed by atoms with E-state index in [1.807, 2.05) is 0 Å². The van der Waals surface area contributed by atoms with Crippen molar-refractivity contribution < 1.29 is 0 Å². The average Bonchev–Trinajstić information content (AvgIpc) is 1.88. The van der Waals surface area contributed by atoms with Crippen LogP contribution in [-0.2, 0) is 6.54 Å². The van der Waals surface area contributed by atoms with Gasteiger partial charge in [-0.15, -0.1) is 12.4 Å². The van der Waals surface area contributed by atoms with Gasteiger partial charge in [-0.1, -0.05) is 0 Å². The van der Waals surface area contributed by atoms with Crippen molar-refractivity contribution in [2.45, 2.75) is 6.54 Å². The molecule has 10 heavy (non-hydrogen) atoms. The molecule has 1 rings (SSSR count). The second kappa shape index (κ2) is 4.09. The van der Waals surface area contributed by atoms with Crippen molar-refractivity contribution in [2.24, 2.45) is 5.73 Å². The fourth-order valence-electron chi connectivity index (χ4n) is 0.608. The average molecular weight is 160 g/mol. The lowest BCUT2D eigenvalue weighted by Crippen LogP contribution is -1.99. The highest BCUT2D eigenvalue weighted by atomic mass is 35.5. The van der Waals surface area contributed by atoms with Crippen LogP contribution in [0.15, 0.2) is 18.3 Å². The monoisotopic (exact) mass is 159 g/mol. The van der Waals surface area contributed by atoms with Gasteiger partial charge in [0.2, 0.25) is 0 Å². The van der Waals surface area contributed by atoms with Crippen molar-refractivity contribution in [1.82, 2.24) is 4.98 Å².